The van der Waals surface area contributed by atoms with E-state index in [9.17, 15) is 0 Å². The van der Waals surface area contributed by atoms with Crippen LogP contribution in [0.3, 0.4) is 0 Å². The predicted molar refractivity (Wildman–Crippen MR) is 81.3 cm³/mol. The Hall–Kier alpha value is -1.26. The molecule has 1 aliphatic heterocycles. The third kappa shape index (κ3) is 3.25. The molecule has 1 aromatic rings. The SMILES string of the molecule is COc1ccc(C(C)N2CCC(CN)CC2)c(OC)c1. The summed E-state index contributed by atoms with van der Waals surface area (Å²) in [5.74, 6) is 2.42. The van der Waals surface area contributed by atoms with Crippen molar-refractivity contribution in [2.45, 2.75) is 25.8 Å². The van der Waals surface area contributed by atoms with Crippen LogP contribution in [0.4, 0.5) is 0 Å². The van der Waals surface area contributed by atoms with Crippen molar-refractivity contribution < 1.29 is 9.47 Å². The van der Waals surface area contributed by atoms with Crippen LogP contribution in [0.15, 0.2) is 18.2 Å². The average molecular weight is 278 g/mol. The van der Waals surface area contributed by atoms with E-state index in [4.69, 9.17) is 15.2 Å². The zero-order valence-corrected chi connectivity index (χ0v) is 12.8. The van der Waals surface area contributed by atoms with Crippen molar-refractivity contribution >= 4 is 0 Å². The third-order valence-corrected chi connectivity index (χ3v) is 4.42. The van der Waals surface area contributed by atoms with Crippen LogP contribution in [0, 0.1) is 5.92 Å². The highest BCUT2D eigenvalue weighted by Gasteiger charge is 2.24. The van der Waals surface area contributed by atoms with E-state index < -0.39 is 0 Å². The number of likely N-dealkylation sites (tertiary alicyclic amines) is 1. The molecule has 1 atom stereocenters. The Morgan fingerprint density at radius 3 is 2.50 bits per heavy atom. The molecule has 1 unspecified atom stereocenters. The summed E-state index contributed by atoms with van der Waals surface area (Å²) in [4.78, 5) is 2.51. The fourth-order valence-corrected chi connectivity index (χ4v) is 2.94. The summed E-state index contributed by atoms with van der Waals surface area (Å²) < 4.78 is 10.8. The first kappa shape index (κ1) is 15.1. The average Bonchev–Trinajstić information content (AvgIpc) is 2.53. The Kier molecular flexibility index (Phi) is 5.26. The molecule has 1 fully saturated rings. The van der Waals surface area contributed by atoms with Gasteiger partial charge in [-0.25, -0.2) is 0 Å². The lowest BCUT2D eigenvalue weighted by molar-refractivity contribution is 0.142. The van der Waals surface area contributed by atoms with Crippen LogP contribution in [-0.2, 0) is 0 Å². The number of nitrogens with two attached hydrogens (primary N) is 1. The molecular weight excluding hydrogens is 252 g/mol. The second-order valence-corrected chi connectivity index (χ2v) is 5.50. The zero-order valence-electron chi connectivity index (χ0n) is 12.8. The second kappa shape index (κ2) is 6.95. The van der Waals surface area contributed by atoms with Gasteiger partial charge >= 0.3 is 0 Å². The highest BCUT2D eigenvalue weighted by molar-refractivity contribution is 5.42. The lowest BCUT2D eigenvalue weighted by Gasteiger charge is -2.36. The molecule has 112 valence electrons. The van der Waals surface area contributed by atoms with Crippen LogP contribution in [-0.4, -0.2) is 38.8 Å². The number of piperidine rings is 1. The smallest absolute Gasteiger partial charge is 0.127 e. The fraction of sp³-hybridized carbons (Fsp3) is 0.625. The summed E-state index contributed by atoms with van der Waals surface area (Å²) in [5.41, 5.74) is 6.98. The van der Waals surface area contributed by atoms with Crippen molar-refractivity contribution in [1.82, 2.24) is 4.90 Å². The normalized spacial score (nSPS) is 18.8. The van der Waals surface area contributed by atoms with Gasteiger partial charge in [0.25, 0.3) is 0 Å². The molecular formula is C16H26N2O2. The molecule has 0 spiro atoms. The fourth-order valence-electron chi connectivity index (χ4n) is 2.94. The van der Waals surface area contributed by atoms with Gasteiger partial charge < -0.3 is 15.2 Å². The van der Waals surface area contributed by atoms with Gasteiger partial charge in [-0.15, -0.1) is 0 Å². The molecule has 1 heterocycles. The maximum absolute atomic E-state index is 5.76. The highest BCUT2D eigenvalue weighted by Crippen LogP contribution is 2.34. The van der Waals surface area contributed by atoms with E-state index in [1.165, 1.54) is 18.4 Å². The number of nitrogens with zero attached hydrogens (tertiary/aromatic N) is 1. The maximum Gasteiger partial charge on any atom is 0.127 e. The number of benzene rings is 1. The Bertz CT molecular complexity index is 428. The van der Waals surface area contributed by atoms with E-state index in [0.29, 0.717) is 12.0 Å². The van der Waals surface area contributed by atoms with Gasteiger partial charge in [-0.3, -0.25) is 4.90 Å². The molecule has 20 heavy (non-hydrogen) atoms. The number of hydrogen-bond acceptors (Lipinski definition) is 4. The molecule has 4 nitrogen and oxygen atoms in total. The van der Waals surface area contributed by atoms with E-state index in [1.807, 2.05) is 12.1 Å². The van der Waals surface area contributed by atoms with E-state index in [2.05, 4.69) is 17.9 Å². The minimum absolute atomic E-state index is 0.356. The Morgan fingerprint density at radius 1 is 1.25 bits per heavy atom. The molecule has 4 heteroatoms. The summed E-state index contributed by atoms with van der Waals surface area (Å²) in [6, 6.07) is 6.42. The van der Waals surface area contributed by atoms with Gasteiger partial charge in [-0.2, -0.15) is 0 Å². The van der Waals surface area contributed by atoms with E-state index in [-0.39, 0.29) is 0 Å². The molecule has 0 saturated carbocycles. The monoisotopic (exact) mass is 278 g/mol. The van der Waals surface area contributed by atoms with Crippen molar-refractivity contribution in [3.63, 3.8) is 0 Å². The van der Waals surface area contributed by atoms with Crippen LogP contribution < -0.4 is 15.2 Å². The number of methoxy groups -OCH3 is 2. The lowest BCUT2D eigenvalue weighted by atomic mass is 9.94. The zero-order chi connectivity index (χ0) is 14.5. The number of ether oxygens (including phenoxy) is 2. The van der Waals surface area contributed by atoms with Crippen LogP contribution >= 0.6 is 0 Å². The first-order valence-corrected chi connectivity index (χ1v) is 7.35. The molecule has 1 aliphatic rings. The summed E-state index contributed by atoms with van der Waals surface area (Å²) in [5, 5.41) is 0. The minimum Gasteiger partial charge on any atom is -0.497 e. The van der Waals surface area contributed by atoms with E-state index in [0.717, 1.165) is 31.1 Å². The van der Waals surface area contributed by atoms with E-state index >= 15 is 0 Å². The molecule has 0 amide bonds. The molecule has 1 aromatic carbocycles. The van der Waals surface area contributed by atoms with Crippen LogP contribution in [0.5, 0.6) is 11.5 Å². The second-order valence-electron chi connectivity index (χ2n) is 5.50. The van der Waals surface area contributed by atoms with Gasteiger partial charge in [0.2, 0.25) is 0 Å². The number of hydrogen-bond donors (Lipinski definition) is 1. The summed E-state index contributed by atoms with van der Waals surface area (Å²) >= 11 is 0. The highest BCUT2D eigenvalue weighted by atomic mass is 16.5. The Labute approximate surface area is 121 Å². The molecule has 0 bridgehead atoms. The lowest BCUT2D eigenvalue weighted by Crippen LogP contribution is -2.37. The van der Waals surface area contributed by atoms with Crippen LogP contribution in [0.25, 0.3) is 0 Å². The first-order valence-electron chi connectivity index (χ1n) is 7.35. The topological polar surface area (TPSA) is 47.7 Å². The van der Waals surface area contributed by atoms with Gasteiger partial charge in [-0.1, -0.05) is 6.07 Å². The predicted octanol–water partition coefficient (Wildman–Crippen LogP) is 2.44. The number of rotatable bonds is 5. The molecule has 2 N–H and O–H groups in total. The molecule has 0 radical (unpaired) electrons. The van der Waals surface area contributed by atoms with Gasteiger partial charge in [-0.05, 0) is 51.4 Å². The third-order valence-electron chi connectivity index (χ3n) is 4.42. The molecule has 0 aromatic heterocycles. The van der Waals surface area contributed by atoms with Gasteiger partial charge in [0.1, 0.15) is 11.5 Å². The first-order chi connectivity index (χ1) is 9.69. The van der Waals surface area contributed by atoms with Crippen molar-refractivity contribution in [2.24, 2.45) is 11.7 Å². The maximum atomic E-state index is 5.76. The Balaban J connectivity index is 2.10. The van der Waals surface area contributed by atoms with Gasteiger partial charge in [0, 0.05) is 17.7 Å². The standard InChI is InChI=1S/C16H26N2O2/c1-12(18-8-6-13(11-17)7-9-18)15-5-4-14(19-2)10-16(15)20-3/h4-5,10,12-13H,6-9,11,17H2,1-3H3. The van der Waals surface area contributed by atoms with Crippen LogP contribution in [0.1, 0.15) is 31.4 Å². The molecule has 0 aliphatic carbocycles. The van der Waals surface area contributed by atoms with Crippen molar-refractivity contribution in [3.05, 3.63) is 23.8 Å². The van der Waals surface area contributed by atoms with Crippen molar-refractivity contribution in [3.8, 4) is 11.5 Å². The van der Waals surface area contributed by atoms with E-state index in [1.54, 1.807) is 14.2 Å². The van der Waals surface area contributed by atoms with Crippen molar-refractivity contribution in [2.75, 3.05) is 33.9 Å². The summed E-state index contributed by atoms with van der Waals surface area (Å²) in [6.07, 6.45) is 2.39. The quantitative estimate of drug-likeness (QED) is 0.898. The molecule has 2 rings (SSSR count). The van der Waals surface area contributed by atoms with Crippen molar-refractivity contribution in [1.29, 1.82) is 0 Å². The summed E-state index contributed by atoms with van der Waals surface area (Å²) in [6.45, 7) is 5.28. The minimum atomic E-state index is 0.356. The summed E-state index contributed by atoms with van der Waals surface area (Å²) in [7, 11) is 3.39. The van der Waals surface area contributed by atoms with Crippen LogP contribution in [0.2, 0.25) is 0 Å². The van der Waals surface area contributed by atoms with Gasteiger partial charge in [0.05, 0.1) is 14.2 Å². The Morgan fingerprint density at radius 2 is 1.95 bits per heavy atom. The van der Waals surface area contributed by atoms with Gasteiger partial charge in [0.15, 0.2) is 0 Å². The largest absolute Gasteiger partial charge is 0.497 e. The molecule has 1 saturated heterocycles.